The van der Waals surface area contributed by atoms with Crippen LogP contribution in [0.4, 0.5) is 0 Å². The molecular weight excluding hydrogens is 511 g/mol. The van der Waals surface area contributed by atoms with Crippen LogP contribution in [0.25, 0.3) is 10.1 Å². The molecule has 0 saturated carbocycles. The molecule has 3 aromatic rings. The third-order valence-electron chi connectivity index (χ3n) is 3.35. The molecule has 3 rings (SSSR count). The molecule has 102 valence electrons. The third kappa shape index (κ3) is 2.60. The Bertz CT molecular complexity index is 779. The van der Waals surface area contributed by atoms with Gasteiger partial charge in [0.1, 0.15) is 0 Å². The zero-order valence-electron chi connectivity index (χ0n) is 10.7. The van der Waals surface area contributed by atoms with Crippen molar-refractivity contribution < 1.29 is 0 Å². The van der Waals surface area contributed by atoms with E-state index in [4.69, 9.17) is 0 Å². The number of fused-ring (bicyclic) bond motifs is 1. The summed E-state index contributed by atoms with van der Waals surface area (Å²) in [4.78, 5) is 0.234. The molecule has 4 heteroatoms. The highest BCUT2D eigenvalue weighted by molar-refractivity contribution is 14.1. The van der Waals surface area contributed by atoms with Gasteiger partial charge in [-0.25, -0.2) is 0 Å². The van der Waals surface area contributed by atoms with Crippen molar-refractivity contribution >= 4 is 75.9 Å². The summed E-state index contributed by atoms with van der Waals surface area (Å²) >= 11 is 11.8. The smallest absolute Gasteiger partial charge is 0.0669 e. The second-order valence-corrected chi connectivity index (χ2v) is 8.38. The van der Waals surface area contributed by atoms with Crippen LogP contribution in [0.1, 0.15) is 21.5 Å². The number of rotatable bonds is 2. The van der Waals surface area contributed by atoms with E-state index in [2.05, 4.69) is 103 Å². The van der Waals surface area contributed by atoms with E-state index in [1.54, 1.807) is 11.3 Å². The molecule has 0 spiro atoms. The van der Waals surface area contributed by atoms with Crippen LogP contribution in [0.15, 0.2) is 46.3 Å². The molecule has 0 fully saturated rings. The molecular formula is C16H11Br2IS. The van der Waals surface area contributed by atoms with Crippen LogP contribution in [0.5, 0.6) is 0 Å². The molecule has 0 amide bonds. The van der Waals surface area contributed by atoms with E-state index < -0.39 is 0 Å². The maximum absolute atomic E-state index is 3.89. The molecule has 0 N–H and O–H groups in total. The Morgan fingerprint density at radius 3 is 2.65 bits per heavy atom. The number of thiophene rings is 1. The Kier molecular flexibility index (Phi) is 4.55. The van der Waals surface area contributed by atoms with Crippen molar-refractivity contribution in [1.82, 2.24) is 0 Å². The first-order valence-corrected chi connectivity index (χ1v) is 9.81. The summed E-state index contributed by atoms with van der Waals surface area (Å²) < 4.78 is 3.82. The molecule has 0 aliphatic heterocycles. The summed E-state index contributed by atoms with van der Waals surface area (Å²) in [6.45, 7) is 2.16. The van der Waals surface area contributed by atoms with Crippen LogP contribution in [0, 0.1) is 10.5 Å². The molecule has 1 heterocycles. The van der Waals surface area contributed by atoms with Crippen LogP contribution < -0.4 is 0 Å². The minimum atomic E-state index is 0.234. The van der Waals surface area contributed by atoms with Gasteiger partial charge in [-0.1, -0.05) is 46.3 Å². The summed E-state index contributed by atoms with van der Waals surface area (Å²) in [5.41, 5.74) is 4.01. The van der Waals surface area contributed by atoms with E-state index in [-0.39, 0.29) is 4.83 Å². The third-order valence-corrected chi connectivity index (χ3v) is 7.78. The van der Waals surface area contributed by atoms with E-state index in [1.165, 1.54) is 34.8 Å². The van der Waals surface area contributed by atoms with Crippen molar-refractivity contribution in [1.29, 1.82) is 0 Å². The fourth-order valence-corrected chi connectivity index (χ4v) is 5.95. The van der Waals surface area contributed by atoms with Crippen LogP contribution in [-0.4, -0.2) is 0 Å². The van der Waals surface area contributed by atoms with Crippen molar-refractivity contribution in [3.63, 3.8) is 0 Å². The molecule has 20 heavy (non-hydrogen) atoms. The SMILES string of the molecule is Cc1cccc(C(Br)c2csc3c(Br)cccc23)c1I. The Hall–Kier alpha value is 0.0900. The number of alkyl halides is 1. The van der Waals surface area contributed by atoms with Gasteiger partial charge in [0, 0.05) is 12.7 Å². The number of hydrogen-bond donors (Lipinski definition) is 0. The minimum absolute atomic E-state index is 0.234. The van der Waals surface area contributed by atoms with Crippen molar-refractivity contribution in [2.45, 2.75) is 11.8 Å². The van der Waals surface area contributed by atoms with Gasteiger partial charge in [-0.3, -0.25) is 0 Å². The predicted octanol–water partition coefficient (Wildman–Crippen LogP) is 7.06. The summed E-state index contributed by atoms with van der Waals surface area (Å²) in [7, 11) is 0. The standard InChI is InChI=1S/C16H11Br2IS/c1-9-4-2-6-11(15(9)19)14(18)12-8-20-16-10(12)5-3-7-13(16)17/h2-8,14H,1H3. The first-order valence-electron chi connectivity index (χ1n) is 6.14. The molecule has 0 saturated heterocycles. The monoisotopic (exact) mass is 520 g/mol. The van der Waals surface area contributed by atoms with Crippen LogP contribution >= 0.6 is 65.8 Å². The van der Waals surface area contributed by atoms with Crippen LogP contribution in [-0.2, 0) is 0 Å². The molecule has 0 aliphatic carbocycles. The van der Waals surface area contributed by atoms with Gasteiger partial charge in [-0.05, 0) is 79.0 Å². The van der Waals surface area contributed by atoms with Crippen molar-refractivity contribution in [2.24, 2.45) is 0 Å². The highest BCUT2D eigenvalue weighted by atomic mass is 127. The Labute approximate surface area is 153 Å². The maximum atomic E-state index is 3.89. The summed E-state index contributed by atoms with van der Waals surface area (Å²) in [5.74, 6) is 0. The van der Waals surface area contributed by atoms with Crippen LogP contribution in [0.2, 0.25) is 0 Å². The van der Waals surface area contributed by atoms with E-state index in [9.17, 15) is 0 Å². The lowest BCUT2D eigenvalue weighted by molar-refractivity contribution is 1.17. The van der Waals surface area contributed by atoms with E-state index in [0.717, 1.165) is 0 Å². The topological polar surface area (TPSA) is 0 Å². The van der Waals surface area contributed by atoms with Crippen molar-refractivity contribution in [3.05, 3.63) is 66.5 Å². The van der Waals surface area contributed by atoms with Gasteiger partial charge in [0.2, 0.25) is 0 Å². The second-order valence-electron chi connectivity index (χ2n) is 4.65. The van der Waals surface area contributed by atoms with Gasteiger partial charge in [-0.2, -0.15) is 0 Å². The Morgan fingerprint density at radius 1 is 1.10 bits per heavy atom. The lowest BCUT2D eigenvalue weighted by Crippen LogP contribution is -1.96. The lowest BCUT2D eigenvalue weighted by Gasteiger charge is -2.13. The predicted molar refractivity (Wildman–Crippen MR) is 104 cm³/mol. The molecule has 0 aliphatic rings. The molecule has 0 radical (unpaired) electrons. The van der Waals surface area contributed by atoms with Crippen molar-refractivity contribution in [2.75, 3.05) is 0 Å². The first-order chi connectivity index (χ1) is 9.59. The first kappa shape index (κ1) is 15.0. The van der Waals surface area contributed by atoms with E-state index >= 15 is 0 Å². The highest BCUT2D eigenvalue weighted by Gasteiger charge is 2.18. The van der Waals surface area contributed by atoms with Gasteiger partial charge < -0.3 is 0 Å². The molecule has 1 aromatic heterocycles. The molecule has 0 bridgehead atoms. The lowest BCUT2D eigenvalue weighted by atomic mass is 10.0. The fraction of sp³-hybridized carbons (Fsp3) is 0.125. The van der Waals surface area contributed by atoms with Gasteiger partial charge in [0.25, 0.3) is 0 Å². The van der Waals surface area contributed by atoms with Gasteiger partial charge in [-0.15, -0.1) is 11.3 Å². The summed E-state index contributed by atoms with van der Waals surface area (Å²) in [5, 5.41) is 3.58. The van der Waals surface area contributed by atoms with Gasteiger partial charge >= 0.3 is 0 Å². The van der Waals surface area contributed by atoms with E-state index in [0.29, 0.717) is 0 Å². The zero-order chi connectivity index (χ0) is 14.3. The molecule has 1 atom stereocenters. The van der Waals surface area contributed by atoms with Crippen LogP contribution in [0.3, 0.4) is 0 Å². The van der Waals surface area contributed by atoms with Gasteiger partial charge in [0.05, 0.1) is 4.83 Å². The largest absolute Gasteiger partial charge is 0.142 e. The number of hydrogen-bond acceptors (Lipinski definition) is 1. The Morgan fingerprint density at radius 2 is 1.85 bits per heavy atom. The van der Waals surface area contributed by atoms with Gasteiger partial charge in [0.15, 0.2) is 0 Å². The van der Waals surface area contributed by atoms with E-state index in [1.807, 2.05) is 0 Å². The fourth-order valence-electron chi connectivity index (χ4n) is 2.27. The second kappa shape index (κ2) is 6.07. The average molecular weight is 522 g/mol. The Balaban J connectivity index is 2.16. The summed E-state index contributed by atoms with van der Waals surface area (Å²) in [6.07, 6.45) is 0. The molecule has 1 unspecified atom stereocenters. The highest BCUT2D eigenvalue weighted by Crippen LogP contribution is 2.42. The maximum Gasteiger partial charge on any atom is 0.0669 e. The number of benzene rings is 2. The van der Waals surface area contributed by atoms with Crippen molar-refractivity contribution in [3.8, 4) is 0 Å². The molecule has 2 aromatic carbocycles. The average Bonchev–Trinajstić information content (AvgIpc) is 2.86. The minimum Gasteiger partial charge on any atom is -0.142 e. The summed E-state index contributed by atoms with van der Waals surface area (Å²) in [6, 6.07) is 12.9. The number of halogens is 3. The quantitative estimate of drug-likeness (QED) is 0.250. The zero-order valence-corrected chi connectivity index (χ0v) is 16.8. The normalized spacial score (nSPS) is 12.8. The molecule has 0 nitrogen and oxygen atoms in total. The number of aryl methyl sites for hydroxylation is 1.